The van der Waals surface area contributed by atoms with Crippen molar-refractivity contribution in [3.05, 3.63) is 59.2 Å². The summed E-state index contributed by atoms with van der Waals surface area (Å²) in [5.41, 5.74) is 6.05. The predicted molar refractivity (Wildman–Crippen MR) is 141 cm³/mol. The number of methoxy groups -OCH3 is 1. The maximum Gasteiger partial charge on any atom is 0.536 e. The van der Waals surface area contributed by atoms with Gasteiger partial charge in [-0.1, -0.05) is 30.3 Å². The van der Waals surface area contributed by atoms with E-state index in [4.69, 9.17) is 9.47 Å². The molecule has 1 saturated heterocycles. The van der Waals surface area contributed by atoms with Gasteiger partial charge in [0.1, 0.15) is 23.9 Å². The molecule has 2 aliphatic rings. The Balaban J connectivity index is 1.93. The highest BCUT2D eigenvalue weighted by molar-refractivity contribution is 6.07. The van der Waals surface area contributed by atoms with E-state index in [1.54, 1.807) is 12.0 Å². The first kappa shape index (κ1) is 26.2. The summed E-state index contributed by atoms with van der Waals surface area (Å²) in [7, 11) is 5.31. The van der Waals surface area contributed by atoms with E-state index >= 15 is 0 Å². The van der Waals surface area contributed by atoms with E-state index in [-0.39, 0.29) is 28.6 Å². The molecule has 0 radical (unpaired) electrons. The van der Waals surface area contributed by atoms with Crippen LogP contribution in [-0.4, -0.2) is 49.9 Å². The first-order valence-electron chi connectivity index (χ1n) is 12.7. The van der Waals surface area contributed by atoms with E-state index in [0.29, 0.717) is 6.54 Å². The molecule has 1 N–H and O–H groups in total. The lowest BCUT2D eigenvalue weighted by Crippen LogP contribution is -2.66. The molecule has 2 aromatic carbocycles. The Hall–Kier alpha value is -2.90. The smallest absolute Gasteiger partial charge is 0.496 e. The molecule has 0 spiro atoms. The molecule has 1 fully saturated rings. The van der Waals surface area contributed by atoms with Crippen LogP contribution in [0.3, 0.4) is 0 Å². The lowest BCUT2D eigenvalue weighted by atomic mass is 9.76. The minimum atomic E-state index is -0.637. The Morgan fingerprint density at radius 1 is 1.17 bits per heavy atom. The number of carbonyl (C=O) groups is 2. The van der Waals surface area contributed by atoms with Gasteiger partial charge in [0.2, 0.25) is 5.91 Å². The van der Waals surface area contributed by atoms with Crippen molar-refractivity contribution in [1.82, 2.24) is 5.43 Å². The number of amides is 2. The van der Waals surface area contributed by atoms with Crippen molar-refractivity contribution in [2.75, 3.05) is 32.6 Å². The number of quaternary nitrogens is 1. The van der Waals surface area contributed by atoms with E-state index in [9.17, 15) is 9.59 Å². The molecule has 36 heavy (non-hydrogen) atoms. The first-order valence-corrected chi connectivity index (χ1v) is 12.7. The van der Waals surface area contributed by atoms with Gasteiger partial charge in [0, 0.05) is 37.2 Å². The lowest BCUT2D eigenvalue weighted by molar-refractivity contribution is -0.936. The zero-order valence-electron chi connectivity index (χ0n) is 22.8. The van der Waals surface area contributed by atoms with Crippen molar-refractivity contribution < 1.29 is 23.7 Å². The number of nitrogens with one attached hydrogen (secondary N) is 1. The van der Waals surface area contributed by atoms with Crippen molar-refractivity contribution in [3.8, 4) is 5.75 Å². The summed E-state index contributed by atoms with van der Waals surface area (Å²) >= 11 is 0. The van der Waals surface area contributed by atoms with Crippen LogP contribution in [-0.2, 0) is 14.9 Å². The molecule has 2 amide bonds. The lowest BCUT2D eigenvalue weighted by Gasteiger charge is -2.47. The second-order valence-corrected chi connectivity index (χ2v) is 11.5. The fourth-order valence-electron chi connectivity index (χ4n) is 5.99. The fourth-order valence-corrected chi connectivity index (χ4v) is 5.99. The number of hydrogen-bond acceptors (Lipinski definition) is 5. The molecule has 7 nitrogen and oxygen atoms in total. The van der Waals surface area contributed by atoms with Gasteiger partial charge in [0.05, 0.1) is 18.2 Å². The van der Waals surface area contributed by atoms with Crippen LogP contribution in [0.1, 0.15) is 76.1 Å². The highest BCUT2D eigenvalue weighted by atomic mass is 16.6. The zero-order chi connectivity index (χ0) is 26.5. The maximum atomic E-state index is 13.9. The van der Waals surface area contributed by atoms with Crippen molar-refractivity contribution in [1.29, 1.82) is 0 Å². The van der Waals surface area contributed by atoms with Gasteiger partial charge in [-0.3, -0.25) is 4.79 Å². The van der Waals surface area contributed by atoms with Crippen molar-refractivity contribution in [2.24, 2.45) is 0 Å². The minimum absolute atomic E-state index is 0.0194. The largest absolute Gasteiger partial charge is 0.536 e. The standard InChI is InChI=1S/C29H40N3O4/c1-28(2,3)36-27(34)32(30-6)16-12-15-20(25(32)19-13-10-9-11-14-19)21-17-22-23(18-24(21)35-8)31(7)26(33)29(22,4)5/h9-11,13-14,17-18,20,25,30H,12,15-16H2,1-8H3/q+1/t20-,25+,32?/m0/s1. The SMILES string of the molecule is CN[N+]1(C(=O)OC(C)(C)C)CCC[C@@H](c2cc3c(cc2OC)N(C)C(=O)C3(C)C)[C@H]1c1ccccc1. The van der Waals surface area contributed by atoms with Crippen molar-refractivity contribution in [3.63, 3.8) is 0 Å². The van der Waals surface area contributed by atoms with E-state index < -0.39 is 11.0 Å². The van der Waals surface area contributed by atoms with Crippen LogP contribution in [0.4, 0.5) is 10.5 Å². The normalized spacial score (nSPS) is 25.4. The predicted octanol–water partition coefficient (Wildman–Crippen LogP) is 5.45. The summed E-state index contributed by atoms with van der Waals surface area (Å²) in [5.74, 6) is 0.754. The minimum Gasteiger partial charge on any atom is -0.496 e. The molecule has 4 rings (SSSR count). The number of benzene rings is 2. The molecule has 3 atom stereocenters. The summed E-state index contributed by atoms with van der Waals surface area (Å²) < 4.78 is 11.9. The number of hydrogen-bond donors (Lipinski definition) is 1. The van der Waals surface area contributed by atoms with Gasteiger partial charge in [0.25, 0.3) is 0 Å². The molecule has 0 saturated carbocycles. The van der Waals surface area contributed by atoms with Crippen LogP contribution in [0.2, 0.25) is 0 Å². The summed E-state index contributed by atoms with van der Waals surface area (Å²) in [6.07, 6.45) is 1.42. The maximum absolute atomic E-state index is 13.9. The molecule has 2 heterocycles. The van der Waals surface area contributed by atoms with Crippen molar-refractivity contribution >= 4 is 17.7 Å². The van der Waals surface area contributed by atoms with Gasteiger partial charge < -0.3 is 14.4 Å². The van der Waals surface area contributed by atoms with Gasteiger partial charge in [-0.2, -0.15) is 10.2 Å². The molecule has 194 valence electrons. The van der Waals surface area contributed by atoms with Crippen LogP contribution in [0.5, 0.6) is 5.75 Å². The molecule has 2 aliphatic heterocycles. The average Bonchev–Trinajstić information content (AvgIpc) is 3.01. The van der Waals surface area contributed by atoms with Gasteiger partial charge in [-0.15, -0.1) is 4.59 Å². The number of fused-ring (bicyclic) bond motifs is 1. The quantitative estimate of drug-likeness (QED) is 0.572. The number of carbonyl (C=O) groups excluding carboxylic acids is 2. The molecule has 0 aromatic heterocycles. The third-order valence-corrected chi connectivity index (χ3v) is 7.76. The van der Waals surface area contributed by atoms with Gasteiger partial charge in [0.15, 0.2) is 0 Å². The summed E-state index contributed by atoms with van der Waals surface area (Å²) in [6.45, 7) is 10.2. The number of ether oxygens (including phenoxy) is 2. The van der Waals surface area contributed by atoms with Crippen LogP contribution in [0.25, 0.3) is 0 Å². The molecule has 7 heteroatoms. The second-order valence-electron chi connectivity index (χ2n) is 11.5. The highest BCUT2D eigenvalue weighted by Crippen LogP contribution is 2.52. The summed E-state index contributed by atoms with van der Waals surface area (Å²) in [4.78, 5) is 28.6. The third kappa shape index (κ3) is 4.18. The van der Waals surface area contributed by atoms with E-state index in [1.165, 1.54) is 0 Å². The van der Waals surface area contributed by atoms with E-state index in [1.807, 2.05) is 73.0 Å². The third-order valence-electron chi connectivity index (χ3n) is 7.76. The fraction of sp³-hybridized carbons (Fsp3) is 0.517. The zero-order valence-corrected chi connectivity index (χ0v) is 22.8. The monoisotopic (exact) mass is 494 g/mol. The van der Waals surface area contributed by atoms with E-state index in [2.05, 4.69) is 23.6 Å². The van der Waals surface area contributed by atoms with Crippen LogP contribution in [0.15, 0.2) is 42.5 Å². The molecule has 0 bridgehead atoms. The van der Waals surface area contributed by atoms with Crippen LogP contribution >= 0.6 is 0 Å². The Labute approximate surface area is 214 Å². The van der Waals surface area contributed by atoms with Gasteiger partial charge in [-0.25, -0.2) is 0 Å². The Morgan fingerprint density at radius 3 is 2.42 bits per heavy atom. The number of likely N-dealkylation sites (N-methyl/N-ethyl adjacent to an activating group) is 1. The Kier molecular flexibility index (Phi) is 6.69. The number of anilines is 1. The van der Waals surface area contributed by atoms with E-state index in [0.717, 1.165) is 41.0 Å². The Morgan fingerprint density at radius 2 is 1.83 bits per heavy atom. The number of piperidine rings is 1. The number of rotatable bonds is 4. The van der Waals surface area contributed by atoms with Gasteiger partial charge in [-0.05, 0) is 59.1 Å². The molecular formula is C29H40N3O4+. The number of nitrogens with zero attached hydrogens (tertiary/aromatic N) is 2. The topological polar surface area (TPSA) is 67.9 Å². The Bertz CT molecular complexity index is 1160. The summed E-state index contributed by atoms with van der Waals surface area (Å²) in [5, 5.41) is 0. The summed E-state index contributed by atoms with van der Waals surface area (Å²) in [6, 6.07) is 14.1. The molecule has 1 unspecified atom stereocenters. The second kappa shape index (κ2) is 9.20. The highest BCUT2D eigenvalue weighted by Gasteiger charge is 2.55. The molecular weight excluding hydrogens is 454 g/mol. The van der Waals surface area contributed by atoms with Crippen molar-refractivity contribution in [2.45, 2.75) is 70.4 Å². The van der Waals surface area contributed by atoms with Crippen LogP contribution < -0.4 is 15.1 Å². The van der Waals surface area contributed by atoms with Gasteiger partial charge >= 0.3 is 6.09 Å². The molecule has 2 aromatic rings. The molecule has 0 aliphatic carbocycles. The number of likely N-dealkylation sites (tertiary alicyclic amines) is 1. The first-order chi connectivity index (χ1) is 16.9. The van der Waals surface area contributed by atoms with Crippen LogP contribution in [0, 0.1) is 0 Å². The average molecular weight is 495 g/mol.